The summed E-state index contributed by atoms with van der Waals surface area (Å²) in [5, 5.41) is 11.1. The zero-order valence-corrected chi connectivity index (χ0v) is 20.4. The number of likely N-dealkylation sites (tertiary alicyclic amines) is 1. The Morgan fingerprint density at radius 2 is 1.72 bits per heavy atom. The van der Waals surface area contributed by atoms with Crippen molar-refractivity contribution in [3.63, 3.8) is 0 Å². The van der Waals surface area contributed by atoms with Crippen molar-refractivity contribution in [1.29, 1.82) is 0 Å². The Morgan fingerprint density at radius 3 is 2.28 bits per heavy atom. The molecule has 6 nitrogen and oxygen atoms in total. The molecular formula is C25H29BrN2O4. The van der Waals surface area contributed by atoms with E-state index in [0.29, 0.717) is 24.3 Å². The van der Waals surface area contributed by atoms with E-state index in [-0.39, 0.29) is 17.4 Å². The number of carbonyl (C=O) groups excluding carboxylic acids is 2. The Balaban J connectivity index is 2.05. The maximum atomic E-state index is 13.0. The molecule has 7 heteroatoms. The van der Waals surface area contributed by atoms with Gasteiger partial charge in [-0.1, -0.05) is 40.2 Å². The van der Waals surface area contributed by atoms with E-state index < -0.39 is 17.7 Å². The summed E-state index contributed by atoms with van der Waals surface area (Å²) in [5.74, 6) is -0.711. The zero-order valence-electron chi connectivity index (χ0n) is 18.8. The summed E-state index contributed by atoms with van der Waals surface area (Å²) >= 11 is 3.38. The van der Waals surface area contributed by atoms with Crippen molar-refractivity contribution in [2.24, 2.45) is 0 Å². The van der Waals surface area contributed by atoms with Crippen molar-refractivity contribution in [3.8, 4) is 5.75 Å². The van der Waals surface area contributed by atoms with Crippen LogP contribution in [-0.2, 0) is 9.59 Å². The van der Waals surface area contributed by atoms with Gasteiger partial charge in [-0.2, -0.15) is 0 Å². The van der Waals surface area contributed by atoms with Gasteiger partial charge >= 0.3 is 0 Å². The molecule has 1 N–H and O–H groups in total. The first kappa shape index (κ1) is 24.0. The lowest BCUT2D eigenvalue weighted by atomic mass is 9.95. The molecule has 0 aromatic heterocycles. The van der Waals surface area contributed by atoms with E-state index in [4.69, 9.17) is 4.74 Å². The van der Waals surface area contributed by atoms with E-state index in [1.165, 1.54) is 0 Å². The second-order valence-electron chi connectivity index (χ2n) is 8.39. The van der Waals surface area contributed by atoms with Crippen LogP contribution >= 0.6 is 15.9 Å². The second kappa shape index (κ2) is 10.3. The Morgan fingerprint density at radius 1 is 1.09 bits per heavy atom. The number of aliphatic hydroxyl groups is 1. The number of ether oxygens (including phenoxy) is 1. The van der Waals surface area contributed by atoms with Crippen LogP contribution in [0.2, 0.25) is 0 Å². The minimum Gasteiger partial charge on any atom is -0.507 e. The van der Waals surface area contributed by atoms with Gasteiger partial charge in [0.05, 0.1) is 17.7 Å². The second-order valence-corrected chi connectivity index (χ2v) is 9.31. The van der Waals surface area contributed by atoms with E-state index in [0.717, 1.165) is 16.6 Å². The molecule has 2 aromatic rings. The van der Waals surface area contributed by atoms with Crippen molar-refractivity contribution >= 4 is 33.4 Å². The molecule has 1 aliphatic rings. The number of hydrogen-bond donors (Lipinski definition) is 1. The van der Waals surface area contributed by atoms with Crippen LogP contribution in [0.15, 0.2) is 58.6 Å². The van der Waals surface area contributed by atoms with E-state index in [9.17, 15) is 14.7 Å². The van der Waals surface area contributed by atoms with E-state index in [2.05, 4.69) is 15.9 Å². The molecule has 0 bridgehead atoms. The highest BCUT2D eigenvalue weighted by Crippen LogP contribution is 2.40. The Kier molecular flexibility index (Phi) is 7.74. The quantitative estimate of drug-likeness (QED) is 0.325. The SMILES string of the molecule is CC(C)Oc1ccc(C2/C(=C(/O)c3ccc(Br)cc3)C(=O)C(=O)N2CCCN(C)C)cc1. The van der Waals surface area contributed by atoms with Gasteiger partial charge in [0.1, 0.15) is 11.5 Å². The lowest BCUT2D eigenvalue weighted by Crippen LogP contribution is -2.32. The number of nitrogens with zero attached hydrogens (tertiary/aromatic N) is 2. The molecule has 1 aliphatic heterocycles. The normalized spacial score (nSPS) is 18.1. The molecule has 1 amide bonds. The van der Waals surface area contributed by atoms with Crippen molar-refractivity contribution < 1.29 is 19.4 Å². The molecule has 170 valence electrons. The molecule has 32 heavy (non-hydrogen) atoms. The molecule has 1 atom stereocenters. The minimum atomic E-state index is -0.664. The lowest BCUT2D eigenvalue weighted by Gasteiger charge is -2.26. The van der Waals surface area contributed by atoms with Gasteiger partial charge in [0, 0.05) is 16.6 Å². The maximum Gasteiger partial charge on any atom is 0.295 e. The molecule has 2 aromatic carbocycles. The van der Waals surface area contributed by atoms with Gasteiger partial charge in [0.15, 0.2) is 0 Å². The molecule has 1 fully saturated rings. The fraction of sp³-hybridized carbons (Fsp3) is 0.360. The molecule has 3 rings (SSSR count). The van der Waals surface area contributed by atoms with Crippen LogP contribution in [-0.4, -0.2) is 59.9 Å². The van der Waals surface area contributed by atoms with Crippen molar-refractivity contribution in [3.05, 3.63) is 69.7 Å². The number of rotatable bonds is 8. The molecule has 0 radical (unpaired) electrons. The number of carbonyl (C=O) groups is 2. The first-order chi connectivity index (χ1) is 15.2. The number of amides is 1. The Labute approximate surface area is 197 Å². The fourth-order valence-electron chi connectivity index (χ4n) is 3.78. The third-order valence-electron chi connectivity index (χ3n) is 5.23. The summed E-state index contributed by atoms with van der Waals surface area (Å²) in [6.07, 6.45) is 0.749. The molecule has 0 aliphatic carbocycles. The molecule has 0 spiro atoms. The van der Waals surface area contributed by atoms with E-state index in [1.807, 2.05) is 57.1 Å². The van der Waals surface area contributed by atoms with E-state index in [1.54, 1.807) is 29.2 Å². The van der Waals surface area contributed by atoms with Crippen LogP contribution in [0.5, 0.6) is 5.75 Å². The largest absolute Gasteiger partial charge is 0.507 e. The summed E-state index contributed by atoms with van der Waals surface area (Å²) in [4.78, 5) is 29.6. The van der Waals surface area contributed by atoms with Gasteiger partial charge < -0.3 is 19.6 Å². The minimum absolute atomic E-state index is 0.0370. The topological polar surface area (TPSA) is 70.1 Å². The van der Waals surface area contributed by atoms with Crippen LogP contribution in [0.25, 0.3) is 5.76 Å². The Hall–Kier alpha value is -2.64. The third-order valence-corrected chi connectivity index (χ3v) is 5.76. The highest BCUT2D eigenvalue weighted by Gasteiger charge is 2.45. The van der Waals surface area contributed by atoms with Crippen LogP contribution in [0, 0.1) is 0 Å². The Bertz CT molecular complexity index is 998. The summed E-state index contributed by atoms with van der Waals surface area (Å²) in [7, 11) is 3.93. The average Bonchev–Trinajstić information content (AvgIpc) is 2.99. The fourth-order valence-corrected chi connectivity index (χ4v) is 4.04. The number of halogens is 1. The van der Waals surface area contributed by atoms with Crippen molar-refractivity contribution in [2.75, 3.05) is 27.2 Å². The number of Topliss-reactive ketones (excluding diaryl/α,β-unsaturated/α-hetero) is 1. The van der Waals surface area contributed by atoms with Crippen molar-refractivity contribution in [1.82, 2.24) is 9.80 Å². The summed E-state index contributed by atoms with van der Waals surface area (Å²) in [6, 6.07) is 13.7. The molecule has 1 heterocycles. The standard InChI is InChI=1S/C25H29BrN2O4/c1-16(2)32-20-12-8-17(9-13-20)22-21(23(29)18-6-10-19(26)11-7-18)24(30)25(31)28(22)15-5-14-27(3)4/h6-13,16,22,29H,5,14-15H2,1-4H3/b23-21-. The molecular weight excluding hydrogens is 472 g/mol. The molecule has 1 saturated heterocycles. The first-order valence-corrected chi connectivity index (χ1v) is 11.4. The van der Waals surface area contributed by atoms with Gasteiger partial charge in [-0.3, -0.25) is 9.59 Å². The smallest absolute Gasteiger partial charge is 0.295 e. The van der Waals surface area contributed by atoms with Gasteiger partial charge in [0.2, 0.25) is 0 Å². The van der Waals surface area contributed by atoms with Crippen LogP contribution < -0.4 is 4.74 Å². The number of benzene rings is 2. The maximum absolute atomic E-state index is 13.0. The zero-order chi connectivity index (χ0) is 23.4. The summed E-state index contributed by atoms with van der Waals surface area (Å²) in [6.45, 7) is 5.09. The van der Waals surface area contributed by atoms with Gasteiger partial charge in [-0.05, 0) is 70.7 Å². The summed E-state index contributed by atoms with van der Waals surface area (Å²) < 4.78 is 6.59. The highest BCUT2D eigenvalue weighted by atomic mass is 79.9. The van der Waals surface area contributed by atoms with Gasteiger partial charge in [0.25, 0.3) is 11.7 Å². The lowest BCUT2D eigenvalue weighted by molar-refractivity contribution is -0.139. The van der Waals surface area contributed by atoms with Crippen molar-refractivity contribution in [2.45, 2.75) is 32.4 Å². The first-order valence-electron chi connectivity index (χ1n) is 10.6. The van der Waals surface area contributed by atoms with Gasteiger partial charge in [-0.25, -0.2) is 0 Å². The number of hydrogen-bond acceptors (Lipinski definition) is 5. The van der Waals surface area contributed by atoms with Crippen LogP contribution in [0.4, 0.5) is 0 Å². The number of aliphatic hydroxyl groups excluding tert-OH is 1. The predicted octanol–water partition coefficient (Wildman–Crippen LogP) is 4.61. The average molecular weight is 501 g/mol. The van der Waals surface area contributed by atoms with Crippen LogP contribution in [0.1, 0.15) is 37.4 Å². The monoisotopic (exact) mass is 500 g/mol. The molecule has 0 saturated carbocycles. The van der Waals surface area contributed by atoms with E-state index >= 15 is 0 Å². The highest BCUT2D eigenvalue weighted by molar-refractivity contribution is 9.10. The van der Waals surface area contributed by atoms with Crippen LogP contribution in [0.3, 0.4) is 0 Å². The number of ketones is 1. The summed E-state index contributed by atoms with van der Waals surface area (Å²) in [5.41, 5.74) is 1.35. The molecule has 1 unspecified atom stereocenters. The third kappa shape index (κ3) is 5.40. The van der Waals surface area contributed by atoms with Gasteiger partial charge in [-0.15, -0.1) is 0 Å². The predicted molar refractivity (Wildman–Crippen MR) is 129 cm³/mol.